The Balaban J connectivity index is 2.12. The SMILES string of the molecule is CC1(F)CCNCC1Cc1ccccc1Cl. The van der Waals surface area contributed by atoms with Gasteiger partial charge in [0.25, 0.3) is 0 Å². The second-order valence-corrected chi connectivity index (χ2v) is 5.13. The van der Waals surface area contributed by atoms with Gasteiger partial charge in [0.15, 0.2) is 0 Å². The first-order chi connectivity index (χ1) is 7.59. The molecule has 1 aromatic rings. The number of halogens is 2. The maximum atomic E-state index is 14.3. The fraction of sp³-hybridized carbons (Fsp3) is 0.538. The highest BCUT2D eigenvalue weighted by Gasteiger charge is 2.36. The van der Waals surface area contributed by atoms with E-state index in [1.54, 1.807) is 6.92 Å². The summed E-state index contributed by atoms with van der Waals surface area (Å²) in [5, 5.41) is 3.99. The van der Waals surface area contributed by atoms with Crippen molar-refractivity contribution in [2.75, 3.05) is 13.1 Å². The normalized spacial score (nSPS) is 30.3. The van der Waals surface area contributed by atoms with E-state index >= 15 is 0 Å². The van der Waals surface area contributed by atoms with Gasteiger partial charge in [0.1, 0.15) is 5.67 Å². The maximum Gasteiger partial charge on any atom is 0.113 e. The van der Waals surface area contributed by atoms with Crippen molar-refractivity contribution in [3.8, 4) is 0 Å². The Bertz CT molecular complexity index is 365. The van der Waals surface area contributed by atoms with Gasteiger partial charge in [-0.25, -0.2) is 4.39 Å². The third-order valence-corrected chi connectivity index (χ3v) is 3.83. The predicted molar refractivity (Wildman–Crippen MR) is 65.6 cm³/mol. The molecule has 1 aliphatic heterocycles. The minimum Gasteiger partial charge on any atom is -0.316 e. The molecule has 1 fully saturated rings. The number of piperidine rings is 1. The van der Waals surface area contributed by atoms with Crippen LogP contribution in [0, 0.1) is 5.92 Å². The van der Waals surface area contributed by atoms with E-state index in [1.165, 1.54) is 0 Å². The maximum absolute atomic E-state index is 14.3. The van der Waals surface area contributed by atoms with Crippen LogP contribution in [0.15, 0.2) is 24.3 Å². The minimum atomic E-state index is -1.08. The van der Waals surface area contributed by atoms with Crippen LogP contribution < -0.4 is 5.32 Å². The van der Waals surface area contributed by atoms with Crippen molar-refractivity contribution in [1.82, 2.24) is 5.32 Å². The monoisotopic (exact) mass is 241 g/mol. The van der Waals surface area contributed by atoms with Crippen LogP contribution in [0.25, 0.3) is 0 Å². The summed E-state index contributed by atoms with van der Waals surface area (Å²) in [6, 6.07) is 7.70. The molecule has 1 nitrogen and oxygen atoms in total. The van der Waals surface area contributed by atoms with Gasteiger partial charge in [-0.3, -0.25) is 0 Å². The van der Waals surface area contributed by atoms with Crippen LogP contribution in [0.2, 0.25) is 5.02 Å². The summed E-state index contributed by atoms with van der Waals surface area (Å²) in [6.45, 7) is 3.21. The molecule has 0 aromatic heterocycles. The molecular weight excluding hydrogens is 225 g/mol. The van der Waals surface area contributed by atoms with Crippen LogP contribution in [-0.4, -0.2) is 18.8 Å². The van der Waals surface area contributed by atoms with E-state index in [2.05, 4.69) is 5.32 Å². The molecule has 1 heterocycles. The third-order valence-electron chi connectivity index (χ3n) is 3.46. The molecule has 0 saturated carbocycles. The molecule has 2 atom stereocenters. The highest BCUT2D eigenvalue weighted by Crippen LogP contribution is 2.32. The van der Waals surface area contributed by atoms with Gasteiger partial charge in [-0.1, -0.05) is 29.8 Å². The lowest BCUT2D eigenvalue weighted by Gasteiger charge is -2.35. The van der Waals surface area contributed by atoms with Gasteiger partial charge < -0.3 is 5.32 Å². The van der Waals surface area contributed by atoms with Crippen LogP contribution in [0.4, 0.5) is 4.39 Å². The Labute approximate surface area is 101 Å². The molecule has 16 heavy (non-hydrogen) atoms. The van der Waals surface area contributed by atoms with Gasteiger partial charge in [-0.15, -0.1) is 0 Å². The molecule has 1 saturated heterocycles. The van der Waals surface area contributed by atoms with E-state index in [9.17, 15) is 4.39 Å². The molecule has 1 aliphatic rings. The van der Waals surface area contributed by atoms with Crippen LogP contribution >= 0.6 is 11.6 Å². The van der Waals surface area contributed by atoms with E-state index < -0.39 is 5.67 Å². The number of rotatable bonds is 2. The molecule has 3 heteroatoms. The van der Waals surface area contributed by atoms with Crippen molar-refractivity contribution < 1.29 is 4.39 Å². The highest BCUT2D eigenvalue weighted by molar-refractivity contribution is 6.31. The lowest BCUT2D eigenvalue weighted by molar-refractivity contribution is 0.0676. The molecule has 1 aromatic carbocycles. The number of alkyl halides is 1. The van der Waals surface area contributed by atoms with Gasteiger partial charge in [-0.2, -0.15) is 0 Å². The Morgan fingerprint density at radius 1 is 1.50 bits per heavy atom. The third kappa shape index (κ3) is 2.55. The van der Waals surface area contributed by atoms with Gasteiger partial charge in [-0.05, 0) is 37.9 Å². The Hall–Kier alpha value is -0.600. The van der Waals surface area contributed by atoms with Crippen LogP contribution in [0.1, 0.15) is 18.9 Å². The first-order valence-electron chi connectivity index (χ1n) is 5.72. The lowest BCUT2D eigenvalue weighted by Crippen LogP contribution is -2.46. The summed E-state index contributed by atoms with van der Waals surface area (Å²) >= 11 is 6.09. The summed E-state index contributed by atoms with van der Waals surface area (Å²) < 4.78 is 14.3. The smallest absolute Gasteiger partial charge is 0.113 e. The van der Waals surface area contributed by atoms with Gasteiger partial charge in [0.2, 0.25) is 0 Å². The molecular formula is C13H17ClFN. The summed E-state index contributed by atoms with van der Waals surface area (Å²) in [5.74, 6) is 0.0150. The average molecular weight is 242 g/mol. The second kappa shape index (κ2) is 4.72. The van der Waals surface area contributed by atoms with Crippen molar-refractivity contribution in [2.24, 2.45) is 5.92 Å². The number of benzene rings is 1. The highest BCUT2D eigenvalue weighted by atomic mass is 35.5. The molecule has 0 bridgehead atoms. The largest absolute Gasteiger partial charge is 0.316 e. The molecule has 88 valence electrons. The Kier molecular flexibility index (Phi) is 3.50. The van der Waals surface area contributed by atoms with Gasteiger partial charge >= 0.3 is 0 Å². The molecule has 0 amide bonds. The van der Waals surface area contributed by atoms with Gasteiger partial charge in [0.05, 0.1) is 0 Å². The number of nitrogens with one attached hydrogen (secondary N) is 1. The summed E-state index contributed by atoms with van der Waals surface area (Å²) in [6.07, 6.45) is 1.29. The van der Waals surface area contributed by atoms with E-state index in [4.69, 9.17) is 11.6 Å². The molecule has 2 rings (SSSR count). The van der Waals surface area contributed by atoms with Crippen LogP contribution in [-0.2, 0) is 6.42 Å². The zero-order valence-corrected chi connectivity index (χ0v) is 10.2. The quantitative estimate of drug-likeness (QED) is 0.839. The average Bonchev–Trinajstić information content (AvgIpc) is 2.24. The fourth-order valence-electron chi connectivity index (χ4n) is 2.24. The molecule has 1 N–H and O–H groups in total. The minimum absolute atomic E-state index is 0.0150. The molecule has 0 spiro atoms. The number of hydrogen-bond donors (Lipinski definition) is 1. The first-order valence-corrected chi connectivity index (χ1v) is 6.10. The lowest BCUT2D eigenvalue weighted by atomic mass is 9.81. The number of hydrogen-bond acceptors (Lipinski definition) is 1. The van der Waals surface area contributed by atoms with Crippen molar-refractivity contribution in [2.45, 2.75) is 25.4 Å². The first kappa shape index (κ1) is 11.9. The van der Waals surface area contributed by atoms with E-state index in [0.29, 0.717) is 12.8 Å². The van der Waals surface area contributed by atoms with Crippen molar-refractivity contribution in [3.63, 3.8) is 0 Å². The summed E-state index contributed by atoms with van der Waals surface area (Å²) in [7, 11) is 0. The second-order valence-electron chi connectivity index (χ2n) is 4.72. The van der Waals surface area contributed by atoms with Crippen molar-refractivity contribution in [1.29, 1.82) is 0 Å². The summed E-state index contributed by atoms with van der Waals surface area (Å²) in [4.78, 5) is 0. The molecule has 2 unspecified atom stereocenters. The summed E-state index contributed by atoms with van der Waals surface area (Å²) in [5.41, 5.74) is -0.0357. The zero-order valence-electron chi connectivity index (χ0n) is 9.47. The van der Waals surface area contributed by atoms with E-state index in [-0.39, 0.29) is 5.92 Å². The van der Waals surface area contributed by atoms with E-state index in [1.807, 2.05) is 24.3 Å². The molecule has 0 radical (unpaired) electrons. The topological polar surface area (TPSA) is 12.0 Å². The van der Waals surface area contributed by atoms with Crippen LogP contribution in [0.3, 0.4) is 0 Å². The fourth-order valence-corrected chi connectivity index (χ4v) is 2.45. The Morgan fingerprint density at radius 3 is 2.94 bits per heavy atom. The van der Waals surface area contributed by atoms with Gasteiger partial charge in [0, 0.05) is 17.5 Å². The Morgan fingerprint density at radius 2 is 2.25 bits per heavy atom. The van der Waals surface area contributed by atoms with Crippen molar-refractivity contribution >= 4 is 11.6 Å². The predicted octanol–water partition coefficient (Wildman–Crippen LogP) is 3.22. The van der Waals surface area contributed by atoms with E-state index in [0.717, 1.165) is 23.7 Å². The van der Waals surface area contributed by atoms with Crippen molar-refractivity contribution in [3.05, 3.63) is 34.9 Å². The molecule has 0 aliphatic carbocycles. The standard InChI is InChI=1S/C13H17ClFN/c1-13(15)6-7-16-9-11(13)8-10-4-2-3-5-12(10)14/h2-5,11,16H,6-9H2,1H3. The zero-order chi connectivity index (χ0) is 11.6. The van der Waals surface area contributed by atoms with Crippen LogP contribution in [0.5, 0.6) is 0 Å².